The van der Waals surface area contributed by atoms with Gasteiger partial charge >= 0.3 is 0 Å². The van der Waals surface area contributed by atoms with Crippen LogP contribution in [0.2, 0.25) is 0 Å². The van der Waals surface area contributed by atoms with Gasteiger partial charge < -0.3 is 4.74 Å². The highest BCUT2D eigenvalue weighted by Crippen LogP contribution is 2.11. The van der Waals surface area contributed by atoms with Crippen LogP contribution in [0.15, 0.2) is 29.1 Å². The minimum Gasteiger partial charge on any atom is -0.465 e. The molecule has 0 N–H and O–H groups in total. The molecule has 0 unspecified atom stereocenters. The first-order valence-corrected chi connectivity index (χ1v) is 4.82. The van der Waals surface area contributed by atoms with Crippen molar-refractivity contribution in [1.29, 1.82) is 0 Å². The van der Waals surface area contributed by atoms with Crippen molar-refractivity contribution in [1.82, 2.24) is 9.55 Å². The zero-order valence-electron chi connectivity index (χ0n) is 8.73. The Morgan fingerprint density at radius 1 is 1.40 bits per heavy atom. The third-order valence-electron chi connectivity index (χ3n) is 2.22. The lowest BCUT2D eigenvalue weighted by Gasteiger charge is -2.08. The van der Waals surface area contributed by atoms with Crippen LogP contribution in [0.3, 0.4) is 0 Å². The van der Waals surface area contributed by atoms with Crippen LogP contribution in [-0.4, -0.2) is 16.2 Å². The monoisotopic (exact) mass is 204 g/mol. The molecule has 1 aromatic carbocycles. The highest BCUT2D eigenvalue weighted by atomic mass is 16.5. The first-order valence-electron chi connectivity index (χ1n) is 4.82. The number of benzene rings is 1. The first-order chi connectivity index (χ1) is 7.24. The molecule has 0 aliphatic carbocycles. The summed E-state index contributed by atoms with van der Waals surface area (Å²) in [4.78, 5) is 16.1. The molecule has 0 saturated heterocycles. The van der Waals surface area contributed by atoms with Crippen molar-refractivity contribution in [3.8, 4) is 6.01 Å². The van der Waals surface area contributed by atoms with Gasteiger partial charge in [-0.05, 0) is 19.1 Å². The van der Waals surface area contributed by atoms with Crippen molar-refractivity contribution < 1.29 is 4.74 Å². The number of hydrogen-bond donors (Lipinski definition) is 0. The molecule has 2 rings (SSSR count). The van der Waals surface area contributed by atoms with E-state index in [0.29, 0.717) is 23.5 Å². The molecule has 0 aliphatic rings. The van der Waals surface area contributed by atoms with Gasteiger partial charge in [0.25, 0.3) is 11.6 Å². The van der Waals surface area contributed by atoms with Gasteiger partial charge in [0.05, 0.1) is 17.5 Å². The van der Waals surface area contributed by atoms with Gasteiger partial charge in [-0.3, -0.25) is 9.36 Å². The molecule has 4 heteroatoms. The maximum Gasteiger partial charge on any atom is 0.299 e. The molecule has 0 amide bonds. The molecule has 0 saturated carbocycles. The Kier molecular flexibility index (Phi) is 2.41. The van der Waals surface area contributed by atoms with Gasteiger partial charge in [0, 0.05) is 7.05 Å². The summed E-state index contributed by atoms with van der Waals surface area (Å²) in [5.41, 5.74) is 0.591. The van der Waals surface area contributed by atoms with E-state index in [9.17, 15) is 4.79 Å². The van der Waals surface area contributed by atoms with Crippen molar-refractivity contribution >= 4 is 10.9 Å². The fourth-order valence-corrected chi connectivity index (χ4v) is 1.46. The zero-order valence-corrected chi connectivity index (χ0v) is 8.73. The molecule has 78 valence electrons. The summed E-state index contributed by atoms with van der Waals surface area (Å²) in [6, 6.07) is 7.61. The molecule has 0 bridgehead atoms. The SMILES string of the molecule is CCOc1nc2ccccc2c(=O)n1C. The Bertz CT molecular complexity index is 546. The second kappa shape index (κ2) is 3.73. The number of fused-ring (bicyclic) bond motifs is 1. The average molecular weight is 204 g/mol. The molecule has 0 atom stereocenters. The summed E-state index contributed by atoms with van der Waals surface area (Å²) in [7, 11) is 1.66. The van der Waals surface area contributed by atoms with Crippen LogP contribution >= 0.6 is 0 Å². The fraction of sp³-hybridized carbons (Fsp3) is 0.273. The van der Waals surface area contributed by atoms with E-state index in [0.717, 1.165) is 0 Å². The highest BCUT2D eigenvalue weighted by Gasteiger charge is 2.07. The number of hydrogen-bond acceptors (Lipinski definition) is 3. The lowest BCUT2D eigenvalue weighted by atomic mass is 10.2. The van der Waals surface area contributed by atoms with E-state index in [-0.39, 0.29) is 5.56 Å². The molecule has 15 heavy (non-hydrogen) atoms. The van der Waals surface area contributed by atoms with Gasteiger partial charge in [0.2, 0.25) is 0 Å². The van der Waals surface area contributed by atoms with Crippen LogP contribution in [0.1, 0.15) is 6.92 Å². The molecule has 0 radical (unpaired) electrons. The molecule has 1 aromatic heterocycles. The van der Waals surface area contributed by atoms with Crippen molar-refractivity contribution in [2.45, 2.75) is 6.92 Å². The van der Waals surface area contributed by atoms with E-state index in [2.05, 4.69) is 4.98 Å². The minimum atomic E-state index is -0.0796. The number of nitrogens with zero attached hydrogens (tertiary/aromatic N) is 2. The molecule has 0 aliphatic heterocycles. The summed E-state index contributed by atoms with van der Waals surface area (Å²) in [5, 5.41) is 0.614. The van der Waals surface area contributed by atoms with Crippen LogP contribution in [0.25, 0.3) is 10.9 Å². The number of para-hydroxylation sites is 1. The lowest BCUT2D eigenvalue weighted by molar-refractivity contribution is 0.297. The van der Waals surface area contributed by atoms with Gasteiger partial charge in [0.1, 0.15) is 0 Å². The Labute approximate surface area is 87.1 Å². The standard InChI is InChI=1S/C11H12N2O2/c1-3-15-11-12-9-7-5-4-6-8(9)10(14)13(11)2/h4-7H,3H2,1-2H3. The molecular weight excluding hydrogens is 192 g/mol. The Morgan fingerprint density at radius 2 is 2.13 bits per heavy atom. The van der Waals surface area contributed by atoms with Crippen LogP contribution < -0.4 is 10.3 Å². The number of rotatable bonds is 2. The van der Waals surface area contributed by atoms with Gasteiger partial charge in [-0.15, -0.1) is 0 Å². The lowest BCUT2D eigenvalue weighted by Crippen LogP contribution is -2.20. The third kappa shape index (κ3) is 1.58. The van der Waals surface area contributed by atoms with Gasteiger partial charge in [0.15, 0.2) is 0 Å². The molecule has 0 fully saturated rings. The van der Waals surface area contributed by atoms with Crippen molar-refractivity contribution in [3.05, 3.63) is 34.6 Å². The van der Waals surface area contributed by atoms with Crippen LogP contribution in [0, 0.1) is 0 Å². The van der Waals surface area contributed by atoms with Crippen LogP contribution in [-0.2, 0) is 7.05 Å². The molecular formula is C11H12N2O2. The summed E-state index contributed by atoms with van der Waals surface area (Å²) < 4.78 is 6.70. The van der Waals surface area contributed by atoms with E-state index >= 15 is 0 Å². The number of ether oxygens (including phenoxy) is 1. The van der Waals surface area contributed by atoms with Crippen molar-refractivity contribution in [2.24, 2.45) is 7.05 Å². The zero-order chi connectivity index (χ0) is 10.8. The highest BCUT2D eigenvalue weighted by molar-refractivity contribution is 5.77. The summed E-state index contributed by atoms with van der Waals surface area (Å²) in [5.74, 6) is 0. The molecule has 0 spiro atoms. The normalized spacial score (nSPS) is 10.5. The van der Waals surface area contributed by atoms with Crippen LogP contribution in [0.4, 0.5) is 0 Å². The second-order valence-electron chi connectivity index (χ2n) is 3.21. The quantitative estimate of drug-likeness (QED) is 0.741. The van der Waals surface area contributed by atoms with Gasteiger partial charge in [-0.2, -0.15) is 4.98 Å². The summed E-state index contributed by atoms with van der Waals surface area (Å²) >= 11 is 0. The Balaban J connectivity index is 2.77. The average Bonchev–Trinajstić information content (AvgIpc) is 2.26. The van der Waals surface area contributed by atoms with Gasteiger partial charge in [-0.1, -0.05) is 12.1 Å². The minimum absolute atomic E-state index is 0.0796. The fourth-order valence-electron chi connectivity index (χ4n) is 1.46. The van der Waals surface area contributed by atoms with E-state index in [1.165, 1.54) is 4.57 Å². The molecule has 4 nitrogen and oxygen atoms in total. The predicted octanol–water partition coefficient (Wildman–Crippen LogP) is 1.33. The number of aromatic nitrogens is 2. The van der Waals surface area contributed by atoms with E-state index in [4.69, 9.17) is 4.74 Å². The second-order valence-corrected chi connectivity index (χ2v) is 3.21. The summed E-state index contributed by atoms with van der Waals surface area (Å²) in [6.45, 7) is 2.36. The maximum atomic E-state index is 11.9. The van der Waals surface area contributed by atoms with E-state index < -0.39 is 0 Å². The molecule has 1 heterocycles. The van der Waals surface area contributed by atoms with Gasteiger partial charge in [-0.25, -0.2) is 0 Å². The van der Waals surface area contributed by atoms with Crippen molar-refractivity contribution in [2.75, 3.05) is 6.61 Å². The van der Waals surface area contributed by atoms with E-state index in [1.807, 2.05) is 19.1 Å². The maximum absolute atomic E-state index is 11.9. The predicted molar refractivity (Wildman–Crippen MR) is 58.2 cm³/mol. The van der Waals surface area contributed by atoms with E-state index in [1.54, 1.807) is 19.2 Å². The first kappa shape index (κ1) is 9.71. The largest absolute Gasteiger partial charge is 0.465 e. The molecule has 2 aromatic rings. The summed E-state index contributed by atoms with van der Waals surface area (Å²) in [6.07, 6.45) is 0. The Hall–Kier alpha value is -1.84. The smallest absolute Gasteiger partial charge is 0.299 e. The topological polar surface area (TPSA) is 44.1 Å². The Morgan fingerprint density at radius 3 is 2.87 bits per heavy atom. The van der Waals surface area contributed by atoms with Crippen molar-refractivity contribution in [3.63, 3.8) is 0 Å². The van der Waals surface area contributed by atoms with Crippen LogP contribution in [0.5, 0.6) is 6.01 Å². The third-order valence-corrected chi connectivity index (χ3v) is 2.22.